The summed E-state index contributed by atoms with van der Waals surface area (Å²) in [7, 11) is 0. The summed E-state index contributed by atoms with van der Waals surface area (Å²) < 4.78 is 35.5. The second kappa shape index (κ2) is 7.05. The van der Waals surface area contributed by atoms with E-state index in [1.54, 1.807) is 6.07 Å². The minimum atomic E-state index is -1.10. The van der Waals surface area contributed by atoms with Gasteiger partial charge in [-0.3, -0.25) is 14.5 Å². The lowest BCUT2D eigenvalue weighted by Crippen LogP contribution is -2.30. The molecule has 1 aliphatic rings. The van der Waals surface area contributed by atoms with Gasteiger partial charge in [-0.1, -0.05) is 35.6 Å². The van der Waals surface area contributed by atoms with Crippen LogP contribution in [0.3, 0.4) is 0 Å². The molecule has 1 unspecified atom stereocenters. The predicted octanol–water partition coefficient (Wildman–Crippen LogP) is 5.74. The largest absolute Gasteiger partial charge is 0.450 e. The molecule has 0 radical (unpaired) electrons. The van der Waals surface area contributed by atoms with E-state index in [-0.39, 0.29) is 27.9 Å². The molecule has 0 N–H and O–H groups in total. The molecule has 0 spiro atoms. The number of nitrogens with zero attached hydrogens (tertiary/aromatic N) is 2. The van der Waals surface area contributed by atoms with Crippen molar-refractivity contribution in [3.05, 3.63) is 105 Å². The van der Waals surface area contributed by atoms with Crippen LogP contribution in [0.1, 0.15) is 33.3 Å². The van der Waals surface area contributed by atoms with E-state index in [1.165, 1.54) is 40.5 Å². The summed E-state index contributed by atoms with van der Waals surface area (Å²) in [5, 5.41) is 0.305. The number of aromatic nitrogens is 1. The quantitative estimate of drug-likeness (QED) is 0.337. The Kier molecular flexibility index (Phi) is 4.22. The van der Waals surface area contributed by atoms with E-state index in [9.17, 15) is 18.4 Å². The molecule has 1 atom stereocenters. The third kappa shape index (κ3) is 2.91. The molecule has 1 aliphatic heterocycles. The highest BCUT2D eigenvalue weighted by atomic mass is 32.1. The molecular formula is C25H14F2N2O3S. The van der Waals surface area contributed by atoms with Crippen molar-refractivity contribution in [2.45, 2.75) is 13.0 Å². The molecule has 3 aromatic carbocycles. The monoisotopic (exact) mass is 460 g/mol. The first-order valence-corrected chi connectivity index (χ1v) is 11.0. The van der Waals surface area contributed by atoms with E-state index in [0.717, 1.165) is 22.4 Å². The second-order valence-electron chi connectivity index (χ2n) is 7.88. The molecule has 162 valence electrons. The molecule has 5 nitrogen and oxygen atoms in total. The topological polar surface area (TPSA) is 63.4 Å². The van der Waals surface area contributed by atoms with Crippen LogP contribution in [-0.2, 0) is 0 Å². The Balaban J connectivity index is 1.66. The van der Waals surface area contributed by atoms with Crippen molar-refractivity contribution in [3.63, 3.8) is 0 Å². The summed E-state index contributed by atoms with van der Waals surface area (Å²) >= 11 is 1.27. The lowest BCUT2D eigenvalue weighted by atomic mass is 9.98. The number of amides is 1. The highest BCUT2D eigenvalue weighted by molar-refractivity contribution is 7.22. The highest BCUT2D eigenvalue weighted by Gasteiger charge is 2.45. The van der Waals surface area contributed by atoms with Crippen molar-refractivity contribution in [1.82, 2.24) is 4.98 Å². The number of carbonyl (C=O) groups is 1. The zero-order valence-corrected chi connectivity index (χ0v) is 18.0. The first kappa shape index (κ1) is 19.8. The lowest BCUT2D eigenvalue weighted by Gasteiger charge is -2.22. The van der Waals surface area contributed by atoms with Crippen molar-refractivity contribution >= 4 is 43.6 Å². The van der Waals surface area contributed by atoms with Crippen LogP contribution >= 0.6 is 11.3 Å². The Morgan fingerprint density at radius 3 is 2.67 bits per heavy atom. The van der Waals surface area contributed by atoms with Crippen molar-refractivity contribution in [2.75, 3.05) is 4.90 Å². The van der Waals surface area contributed by atoms with Gasteiger partial charge in [0.1, 0.15) is 23.3 Å². The van der Waals surface area contributed by atoms with E-state index in [1.807, 2.05) is 25.1 Å². The molecule has 1 amide bonds. The fourth-order valence-corrected chi connectivity index (χ4v) is 5.35. The Morgan fingerprint density at radius 2 is 1.85 bits per heavy atom. The first-order valence-electron chi connectivity index (χ1n) is 10.1. The summed E-state index contributed by atoms with van der Waals surface area (Å²) in [6.07, 6.45) is 0. The van der Waals surface area contributed by atoms with Crippen LogP contribution in [0.2, 0.25) is 0 Å². The molecule has 0 saturated heterocycles. The Morgan fingerprint density at radius 1 is 1.03 bits per heavy atom. The molecular weight excluding hydrogens is 446 g/mol. The maximum Gasteiger partial charge on any atom is 0.297 e. The van der Waals surface area contributed by atoms with Crippen LogP contribution in [0.5, 0.6) is 0 Å². The molecule has 2 aromatic heterocycles. The Bertz CT molecular complexity index is 1670. The van der Waals surface area contributed by atoms with Crippen LogP contribution in [-0.4, -0.2) is 10.9 Å². The highest BCUT2D eigenvalue weighted by Crippen LogP contribution is 2.44. The van der Waals surface area contributed by atoms with Gasteiger partial charge >= 0.3 is 0 Å². The molecule has 3 heterocycles. The third-order valence-electron chi connectivity index (χ3n) is 5.77. The van der Waals surface area contributed by atoms with Crippen molar-refractivity contribution in [3.8, 4) is 0 Å². The fraction of sp³-hybridized carbons (Fsp3) is 0.0800. The summed E-state index contributed by atoms with van der Waals surface area (Å²) in [5.41, 5.74) is 1.32. The third-order valence-corrected chi connectivity index (χ3v) is 6.79. The maximum absolute atomic E-state index is 15.0. The van der Waals surface area contributed by atoms with Crippen LogP contribution in [0.15, 0.2) is 69.9 Å². The number of fused-ring (bicyclic) bond motifs is 3. The van der Waals surface area contributed by atoms with Gasteiger partial charge in [0.15, 0.2) is 10.6 Å². The molecule has 6 rings (SSSR count). The summed E-state index contributed by atoms with van der Waals surface area (Å²) in [6, 6.07) is 14.1. The number of anilines is 1. The smallest absolute Gasteiger partial charge is 0.297 e. The van der Waals surface area contributed by atoms with E-state index in [4.69, 9.17) is 4.42 Å². The van der Waals surface area contributed by atoms with Gasteiger partial charge in [-0.2, -0.15) is 0 Å². The molecule has 5 aromatic rings. The van der Waals surface area contributed by atoms with Gasteiger partial charge in [0.2, 0.25) is 5.76 Å². The SMILES string of the molecule is Cc1ccc2nc(N3C(=O)c4oc5ccc(F)cc5c(=O)c4C3c3ccccc3F)sc2c1. The first-order chi connectivity index (χ1) is 15.9. The number of hydrogen-bond donors (Lipinski definition) is 0. The normalized spacial score (nSPS) is 15.5. The molecule has 33 heavy (non-hydrogen) atoms. The van der Waals surface area contributed by atoms with Crippen LogP contribution in [0.4, 0.5) is 13.9 Å². The van der Waals surface area contributed by atoms with Crippen molar-refractivity contribution < 1.29 is 18.0 Å². The number of carbonyl (C=O) groups excluding carboxylic acids is 1. The minimum Gasteiger partial charge on any atom is -0.450 e. The van der Waals surface area contributed by atoms with Gasteiger partial charge in [-0.15, -0.1) is 0 Å². The van der Waals surface area contributed by atoms with Gasteiger partial charge in [0.05, 0.1) is 21.2 Å². The van der Waals surface area contributed by atoms with Crippen molar-refractivity contribution in [1.29, 1.82) is 0 Å². The minimum absolute atomic E-state index is 0.00957. The average Bonchev–Trinajstić information content (AvgIpc) is 3.33. The zero-order valence-electron chi connectivity index (χ0n) is 17.1. The van der Waals surface area contributed by atoms with E-state index in [2.05, 4.69) is 4.98 Å². The van der Waals surface area contributed by atoms with E-state index in [0.29, 0.717) is 10.6 Å². The number of halogens is 2. The van der Waals surface area contributed by atoms with E-state index >= 15 is 0 Å². The standard InChI is InChI=1S/C25H14F2N2O3S/c1-12-6-8-17-19(10-12)33-25(28-17)29-21(14-4-2-3-5-16(14)27)20-22(30)15-11-13(26)7-9-18(15)32-23(20)24(29)31/h2-11,21H,1H3. The maximum atomic E-state index is 15.0. The lowest BCUT2D eigenvalue weighted by molar-refractivity contribution is 0.0971. The summed E-state index contributed by atoms with van der Waals surface area (Å²) in [4.78, 5) is 32.9. The van der Waals surface area contributed by atoms with Gasteiger partial charge in [0.25, 0.3) is 5.91 Å². The van der Waals surface area contributed by atoms with Gasteiger partial charge in [-0.25, -0.2) is 13.8 Å². The van der Waals surface area contributed by atoms with Gasteiger partial charge in [-0.05, 0) is 48.9 Å². The molecule has 8 heteroatoms. The van der Waals surface area contributed by atoms with Crippen molar-refractivity contribution in [2.24, 2.45) is 0 Å². The Hall–Kier alpha value is -3.91. The second-order valence-corrected chi connectivity index (χ2v) is 8.89. The molecule has 0 saturated carbocycles. The summed E-state index contributed by atoms with van der Waals surface area (Å²) in [5.74, 6) is -1.98. The predicted molar refractivity (Wildman–Crippen MR) is 122 cm³/mol. The zero-order chi connectivity index (χ0) is 22.9. The number of thiazole rings is 1. The molecule has 0 fully saturated rings. The molecule has 0 bridgehead atoms. The Labute approximate surface area is 189 Å². The summed E-state index contributed by atoms with van der Waals surface area (Å²) in [6.45, 7) is 1.95. The average molecular weight is 460 g/mol. The van der Waals surface area contributed by atoms with Crippen LogP contribution in [0, 0.1) is 18.6 Å². The van der Waals surface area contributed by atoms with Crippen LogP contribution in [0.25, 0.3) is 21.2 Å². The number of aryl methyl sites for hydroxylation is 1. The number of rotatable bonds is 2. The van der Waals surface area contributed by atoms with E-state index < -0.39 is 29.0 Å². The van der Waals surface area contributed by atoms with Crippen LogP contribution < -0.4 is 10.3 Å². The van der Waals surface area contributed by atoms with Gasteiger partial charge in [0, 0.05) is 5.56 Å². The molecule has 0 aliphatic carbocycles. The fourth-order valence-electron chi connectivity index (χ4n) is 4.26. The number of benzene rings is 3. The van der Waals surface area contributed by atoms with Gasteiger partial charge < -0.3 is 4.42 Å². The number of hydrogen-bond acceptors (Lipinski definition) is 5.